The smallest absolute Gasteiger partial charge is 0.136 e. The van der Waals surface area contributed by atoms with Crippen LogP contribution in [-0.2, 0) is 12.8 Å². The first-order valence-corrected chi connectivity index (χ1v) is 11.8. The van der Waals surface area contributed by atoms with Crippen molar-refractivity contribution in [2.45, 2.75) is 19.8 Å². The molecule has 0 saturated heterocycles. The minimum Gasteiger partial charge on any atom is -0.456 e. The van der Waals surface area contributed by atoms with E-state index in [0.29, 0.717) is 0 Å². The van der Waals surface area contributed by atoms with Gasteiger partial charge in [0.1, 0.15) is 17.0 Å². The zero-order chi connectivity index (χ0) is 22.6. The summed E-state index contributed by atoms with van der Waals surface area (Å²) >= 11 is 0. The number of hydrogen-bond donors (Lipinski definition) is 0. The van der Waals surface area contributed by atoms with E-state index in [1.54, 1.807) is 0 Å². The molecule has 0 fully saturated rings. The molecule has 0 amide bonds. The fourth-order valence-electron chi connectivity index (χ4n) is 5.32. The summed E-state index contributed by atoms with van der Waals surface area (Å²) < 4.78 is 6.14. The quantitative estimate of drug-likeness (QED) is 0.282. The first-order valence-electron chi connectivity index (χ1n) is 11.8. The maximum atomic E-state index is 6.14. The number of nitrogens with zero attached hydrogens (tertiary/aromatic N) is 2. The summed E-state index contributed by atoms with van der Waals surface area (Å²) in [6, 6.07) is 31.9. The van der Waals surface area contributed by atoms with Crippen molar-refractivity contribution in [2.24, 2.45) is 0 Å². The lowest BCUT2D eigenvalue weighted by molar-refractivity contribution is 0.669. The normalized spacial score (nSPS) is 12.3. The summed E-state index contributed by atoms with van der Waals surface area (Å²) in [6.45, 7) is 2.11. The molecule has 1 aliphatic rings. The highest BCUT2D eigenvalue weighted by Crippen LogP contribution is 2.43. The van der Waals surface area contributed by atoms with Crippen LogP contribution in [0.2, 0.25) is 0 Å². The molecular weight excluding hydrogens is 416 g/mol. The van der Waals surface area contributed by atoms with E-state index in [0.717, 1.165) is 57.6 Å². The average Bonchev–Trinajstić information content (AvgIpc) is 3.46. The molecule has 2 heterocycles. The fourth-order valence-corrected chi connectivity index (χ4v) is 5.32. The van der Waals surface area contributed by atoms with Gasteiger partial charge in [-0.05, 0) is 46.9 Å². The van der Waals surface area contributed by atoms with Crippen molar-refractivity contribution >= 4 is 21.9 Å². The van der Waals surface area contributed by atoms with Crippen LogP contribution in [0.5, 0.6) is 0 Å². The number of rotatable bonds is 3. The van der Waals surface area contributed by atoms with Crippen molar-refractivity contribution in [2.75, 3.05) is 0 Å². The average molecular weight is 439 g/mol. The van der Waals surface area contributed by atoms with Crippen LogP contribution in [0.25, 0.3) is 55.6 Å². The lowest BCUT2D eigenvalue weighted by Crippen LogP contribution is -1.99. The summed E-state index contributed by atoms with van der Waals surface area (Å²) in [5.74, 6) is 0.848. The van der Waals surface area contributed by atoms with Crippen LogP contribution in [0.3, 0.4) is 0 Å². The van der Waals surface area contributed by atoms with Gasteiger partial charge in [-0.2, -0.15) is 0 Å². The van der Waals surface area contributed by atoms with Crippen molar-refractivity contribution in [1.29, 1.82) is 0 Å². The lowest BCUT2D eigenvalue weighted by atomic mass is 9.96. The Morgan fingerprint density at radius 1 is 0.676 bits per heavy atom. The summed E-state index contributed by atoms with van der Waals surface area (Å²) in [7, 11) is 0. The van der Waals surface area contributed by atoms with Gasteiger partial charge in [0.25, 0.3) is 0 Å². The van der Waals surface area contributed by atoms with Crippen molar-refractivity contribution in [3.05, 3.63) is 108 Å². The standard InChI is InChI=1S/C31H22N2O/c1-2-29-32-25(22-13-7-10-20-17-19-9-3-4-11-21(19)30(20)22)18-26(33-29)23-14-8-16-28-31(23)24-12-5-6-15-27(24)34-28/h3-16,18H,2,17H2,1H3. The molecule has 3 nitrogen and oxygen atoms in total. The van der Waals surface area contributed by atoms with Crippen molar-refractivity contribution < 1.29 is 4.42 Å². The van der Waals surface area contributed by atoms with Gasteiger partial charge >= 0.3 is 0 Å². The lowest BCUT2D eigenvalue weighted by Gasteiger charge is -2.13. The molecule has 4 aromatic carbocycles. The first kappa shape index (κ1) is 19.2. The highest BCUT2D eigenvalue weighted by Gasteiger charge is 2.23. The number of benzene rings is 4. The van der Waals surface area contributed by atoms with E-state index in [-0.39, 0.29) is 0 Å². The minimum absolute atomic E-state index is 0.772. The third-order valence-corrected chi connectivity index (χ3v) is 6.86. The van der Waals surface area contributed by atoms with Gasteiger partial charge in [0.15, 0.2) is 0 Å². The van der Waals surface area contributed by atoms with Gasteiger partial charge in [-0.25, -0.2) is 9.97 Å². The summed E-state index contributed by atoms with van der Waals surface area (Å²) in [5.41, 5.74) is 11.3. The summed E-state index contributed by atoms with van der Waals surface area (Å²) in [5, 5.41) is 2.22. The van der Waals surface area contributed by atoms with E-state index in [4.69, 9.17) is 14.4 Å². The number of hydrogen-bond acceptors (Lipinski definition) is 3. The predicted molar refractivity (Wildman–Crippen MR) is 138 cm³/mol. The van der Waals surface area contributed by atoms with Gasteiger partial charge in [-0.3, -0.25) is 0 Å². The van der Waals surface area contributed by atoms with Gasteiger partial charge in [0.05, 0.1) is 11.4 Å². The first-order chi connectivity index (χ1) is 16.8. The molecule has 0 radical (unpaired) electrons. The SMILES string of the molecule is CCc1nc(-c2cccc3c2-c2ccccc2C3)cc(-c2cccc3oc4ccccc4c23)n1. The molecule has 0 aliphatic heterocycles. The van der Waals surface area contributed by atoms with E-state index in [1.807, 2.05) is 24.3 Å². The largest absolute Gasteiger partial charge is 0.456 e. The molecule has 0 spiro atoms. The Balaban J connectivity index is 1.49. The van der Waals surface area contributed by atoms with Crippen LogP contribution in [-0.4, -0.2) is 9.97 Å². The summed E-state index contributed by atoms with van der Waals surface area (Å²) in [6.07, 6.45) is 1.74. The van der Waals surface area contributed by atoms with Crippen LogP contribution in [0.4, 0.5) is 0 Å². The maximum Gasteiger partial charge on any atom is 0.136 e. The van der Waals surface area contributed by atoms with E-state index in [1.165, 1.54) is 27.8 Å². The van der Waals surface area contributed by atoms with Crippen LogP contribution in [0, 0.1) is 0 Å². The Morgan fingerprint density at radius 2 is 1.35 bits per heavy atom. The minimum atomic E-state index is 0.772. The van der Waals surface area contributed by atoms with Gasteiger partial charge in [-0.15, -0.1) is 0 Å². The Bertz CT molecular complexity index is 1730. The number of aryl methyl sites for hydroxylation is 1. The molecular formula is C31H22N2O. The highest BCUT2D eigenvalue weighted by molar-refractivity contribution is 6.12. The molecule has 0 unspecified atom stereocenters. The van der Waals surface area contributed by atoms with Gasteiger partial charge in [-0.1, -0.05) is 79.7 Å². The molecule has 0 atom stereocenters. The van der Waals surface area contributed by atoms with Crippen molar-refractivity contribution in [3.63, 3.8) is 0 Å². The van der Waals surface area contributed by atoms with Crippen molar-refractivity contribution in [1.82, 2.24) is 9.97 Å². The van der Waals surface area contributed by atoms with E-state index < -0.39 is 0 Å². The van der Waals surface area contributed by atoms with E-state index in [9.17, 15) is 0 Å². The topological polar surface area (TPSA) is 38.9 Å². The van der Waals surface area contributed by atoms with Crippen LogP contribution in [0.1, 0.15) is 23.9 Å². The molecule has 6 aromatic rings. The third kappa shape index (κ3) is 2.83. The Kier molecular flexibility index (Phi) is 4.18. The zero-order valence-electron chi connectivity index (χ0n) is 18.9. The van der Waals surface area contributed by atoms with Gasteiger partial charge in [0, 0.05) is 28.3 Å². The van der Waals surface area contributed by atoms with Crippen LogP contribution < -0.4 is 0 Å². The number of furan rings is 1. The number of fused-ring (bicyclic) bond motifs is 6. The number of aromatic nitrogens is 2. The molecule has 3 heteroatoms. The van der Waals surface area contributed by atoms with Crippen LogP contribution >= 0.6 is 0 Å². The Morgan fingerprint density at radius 3 is 2.26 bits per heavy atom. The molecule has 0 saturated carbocycles. The second kappa shape index (κ2) is 7.39. The molecule has 2 aromatic heterocycles. The third-order valence-electron chi connectivity index (χ3n) is 6.86. The van der Waals surface area contributed by atoms with Crippen LogP contribution in [0.15, 0.2) is 95.4 Å². The highest BCUT2D eigenvalue weighted by atomic mass is 16.3. The Hall–Kier alpha value is -4.24. The van der Waals surface area contributed by atoms with Gasteiger partial charge < -0.3 is 4.42 Å². The molecule has 0 N–H and O–H groups in total. The van der Waals surface area contributed by atoms with E-state index >= 15 is 0 Å². The molecule has 0 bridgehead atoms. The second-order valence-corrected chi connectivity index (χ2v) is 8.86. The van der Waals surface area contributed by atoms with Crippen molar-refractivity contribution in [3.8, 4) is 33.6 Å². The maximum absolute atomic E-state index is 6.14. The predicted octanol–water partition coefficient (Wildman–Crippen LogP) is 7.84. The molecule has 1 aliphatic carbocycles. The zero-order valence-corrected chi connectivity index (χ0v) is 18.9. The summed E-state index contributed by atoms with van der Waals surface area (Å²) in [4.78, 5) is 9.96. The second-order valence-electron chi connectivity index (χ2n) is 8.86. The van der Waals surface area contributed by atoms with E-state index in [2.05, 4.69) is 73.7 Å². The Labute approximate surface area is 197 Å². The monoisotopic (exact) mass is 438 g/mol. The van der Waals surface area contributed by atoms with Gasteiger partial charge in [0.2, 0.25) is 0 Å². The molecule has 7 rings (SSSR count). The molecule has 162 valence electrons. The molecule has 34 heavy (non-hydrogen) atoms. The number of para-hydroxylation sites is 1. The fraction of sp³-hybridized carbons (Fsp3) is 0.0968.